The second kappa shape index (κ2) is 4.67. The lowest BCUT2D eigenvalue weighted by atomic mass is 10.2. The van der Waals surface area contributed by atoms with Crippen LogP contribution in [0.4, 0.5) is 8.78 Å². The zero-order chi connectivity index (χ0) is 10.7. The first kappa shape index (κ1) is 11.3. The van der Waals surface area contributed by atoms with Gasteiger partial charge in [0.05, 0.1) is 28.8 Å². The van der Waals surface area contributed by atoms with Gasteiger partial charge in [0.2, 0.25) is 0 Å². The largest absolute Gasteiger partial charge is 0.267 e. The Morgan fingerprint density at radius 3 is 2.71 bits per heavy atom. The molecule has 0 unspecified atom stereocenters. The maximum Gasteiger partial charge on any atom is 0.267 e. The summed E-state index contributed by atoms with van der Waals surface area (Å²) in [7, 11) is 0. The number of nitrogens with zero attached hydrogens (tertiary/aromatic N) is 2. The van der Waals surface area contributed by atoms with E-state index in [1.54, 1.807) is 0 Å². The van der Waals surface area contributed by atoms with E-state index in [0.29, 0.717) is 5.69 Å². The minimum atomic E-state index is -2.68. The molecular formula is C8H4BrClF2N2. The molecule has 14 heavy (non-hydrogen) atoms. The van der Waals surface area contributed by atoms with Gasteiger partial charge in [-0.15, -0.1) is 0 Å². The fourth-order valence-electron chi connectivity index (χ4n) is 0.907. The molecule has 0 aromatic carbocycles. The Labute approximate surface area is 92.6 Å². The Bertz CT molecular complexity index is 366. The number of halogens is 4. The average molecular weight is 281 g/mol. The smallest absolute Gasteiger partial charge is 0.244 e. The second-order valence-electron chi connectivity index (χ2n) is 2.44. The second-order valence-corrected chi connectivity index (χ2v) is 3.59. The molecular weight excluding hydrogens is 277 g/mol. The van der Waals surface area contributed by atoms with E-state index in [-0.39, 0.29) is 21.6 Å². The van der Waals surface area contributed by atoms with Crippen molar-refractivity contribution in [3.05, 3.63) is 26.9 Å². The summed E-state index contributed by atoms with van der Waals surface area (Å²) in [5, 5.41) is 8.31. The number of hydrogen-bond acceptors (Lipinski definition) is 2. The fourth-order valence-corrected chi connectivity index (χ4v) is 1.93. The summed E-state index contributed by atoms with van der Waals surface area (Å²) in [5.41, 5.74) is 0.0298. The molecule has 0 fully saturated rings. The molecule has 2 nitrogen and oxygen atoms in total. The molecule has 0 bridgehead atoms. The lowest BCUT2D eigenvalue weighted by molar-refractivity contribution is 0.150. The van der Waals surface area contributed by atoms with Crippen molar-refractivity contribution < 1.29 is 8.78 Å². The first-order valence-electron chi connectivity index (χ1n) is 3.56. The Morgan fingerprint density at radius 2 is 2.29 bits per heavy atom. The highest BCUT2D eigenvalue weighted by Gasteiger charge is 2.18. The predicted octanol–water partition coefficient (Wildman–Crippen LogP) is 3.50. The lowest BCUT2D eigenvalue weighted by Gasteiger charge is -2.06. The van der Waals surface area contributed by atoms with Gasteiger partial charge in [-0.1, -0.05) is 11.6 Å². The Balaban J connectivity index is 3.19. The summed E-state index contributed by atoms with van der Waals surface area (Å²) in [6, 6.07) is 3.13. The van der Waals surface area contributed by atoms with Gasteiger partial charge in [-0.3, -0.25) is 0 Å². The normalized spacial score (nSPS) is 10.3. The number of rotatable bonds is 2. The van der Waals surface area contributed by atoms with Crippen molar-refractivity contribution >= 4 is 27.5 Å². The van der Waals surface area contributed by atoms with Crippen LogP contribution in [-0.2, 0) is 6.42 Å². The van der Waals surface area contributed by atoms with Gasteiger partial charge in [-0.25, -0.2) is 13.8 Å². The van der Waals surface area contributed by atoms with E-state index < -0.39 is 6.43 Å². The van der Waals surface area contributed by atoms with Crippen LogP contribution >= 0.6 is 27.5 Å². The van der Waals surface area contributed by atoms with Gasteiger partial charge in [-0.2, -0.15) is 5.26 Å². The number of hydrogen-bond donors (Lipinski definition) is 0. The average Bonchev–Trinajstić information content (AvgIpc) is 2.01. The van der Waals surface area contributed by atoms with E-state index in [1.807, 2.05) is 6.07 Å². The van der Waals surface area contributed by atoms with Gasteiger partial charge in [0, 0.05) is 0 Å². The van der Waals surface area contributed by atoms with Crippen molar-refractivity contribution in [2.24, 2.45) is 0 Å². The SMILES string of the molecule is N#CCc1cc(Cl)c(C(F)F)c(Br)n1. The molecule has 1 aromatic heterocycles. The van der Waals surface area contributed by atoms with Crippen LogP contribution in [0.25, 0.3) is 0 Å². The van der Waals surface area contributed by atoms with Crippen LogP contribution in [0.2, 0.25) is 5.02 Å². The molecule has 1 heterocycles. The molecule has 1 rings (SSSR count). The molecule has 0 saturated heterocycles. The highest BCUT2D eigenvalue weighted by Crippen LogP contribution is 2.32. The van der Waals surface area contributed by atoms with Crippen LogP contribution in [0.3, 0.4) is 0 Å². The first-order chi connectivity index (χ1) is 6.56. The Hall–Kier alpha value is -0.730. The van der Waals surface area contributed by atoms with Crippen LogP contribution < -0.4 is 0 Å². The van der Waals surface area contributed by atoms with Crippen molar-refractivity contribution in [1.29, 1.82) is 5.26 Å². The molecule has 0 saturated carbocycles. The van der Waals surface area contributed by atoms with Crippen LogP contribution in [0.15, 0.2) is 10.7 Å². The van der Waals surface area contributed by atoms with Gasteiger partial charge < -0.3 is 0 Å². The number of pyridine rings is 1. The standard InChI is InChI=1S/C8H4BrClF2N2/c9-7-6(8(11)12)5(10)3-4(14-7)1-2-13/h3,8H,1H2. The van der Waals surface area contributed by atoms with Crippen LogP contribution in [-0.4, -0.2) is 4.98 Å². The van der Waals surface area contributed by atoms with E-state index in [1.165, 1.54) is 6.07 Å². The number of alkyl halides is 2. The van der Waals surface area contributed by atoms with Crippen molar-refractivity contribution in [2.75, 3.05) is 0 Å². The summed E-state index contributed by atoms with van der Waals surface area (Å²) < 4.78 is 24.8. The van der Waals surface area contributed by atoms with Crippen molar-refractivity contribution in [3.63, 3.8) is 0 Å². The minimum absolute atomic E-state index is 0.00903. The summed E-state index contributed by atoms with van der Waals surface area (Å²) in [6.07, 6.45) is -2.64. The third-order valence-electron chi connectivity index (χ3n) is 1.49. The lowest BCUT2D eigenvalue weighted by Crippen LogP contribution is -1.96. The molecule has 0 atom stereocenters. The van der Waals surface area contributed by atoms with Crippen molar-refractivity contribution in [2.45, 2.75) is 12.8 Å². The summed E-state index contributed by atoms with van der Waals surface area (Å²) in [4.78, 5) is 3.77. The van der Waals surface area contributed by atoms with Crippen LogP contribution in [0.5, 0.6) is 0 Å². The van der Waals surface area contributed by atoms with Gasteiger partial charge >= 0.3 is 0 Å². The third-order valence-corrected chi connectivity index (χ3v) is 2.41. The van der Waals surface area contributed by atoms with Crippen molar-refractivity contribution in [3.8, 4) is 6.07 Å². The van der Waals surface area contributed by atoms with E-state index in [2.05, 4.69) is 20.9 Å². The van der Waals surface area contributed by atoms with E-state index >= 15 is 0 Å². The maximum atomic E-state index is 12.4. The van der Waals surface area contributed by atoms with Gasteiger partial charge in [0.1, 0.15) is 4.60 Å². The number of aromatic nitrogens is 1. The number of nitriles is 1. The zero-order valence-corrected chi connectivity index (χ0v) is 9.11. The highest BCUT2D eigenvalue weighted by atomic mass is 79.9. The van der Waals surface area contributed by atoms with Crippen LogP contribution in [0.1, 0.15) is 17.7 Å². The first-order valence-corrected chi connectivity index (χ1v) is 4.73. The molecule has 0 aliphatic carbocycles. The van der Waals surface area contributed by atoms with E-state index in [0.717, 1.165) is 0 Å². The monoisotopic (exact) mass is 280 g/mol. The van der Waals surface area contributed by atoms with Crippen molar-refractivity contribution in [1.82, 2.24) is 4.98 Å². The molecule has 0 aliphatic heterocycles. The Kier molecular flexibility index (Phi) is 3.78. The summed E-state index contributed by atoms with van der Waals surface area (Å²) >= 11 is 8.49. The maximum absolute atomic E-state index is 12.4. The summed E-state index contributed by atoms with van der Waals surface area (Å²) in [6.45, 7) is 0. The molecule has 1 aromatic rings. The minimum Gasteiger partial charge on any atom is -0.244 e. The molecule has 6 heteroatoms. The van der Waals surface area contributed by atoms with Gasteiger partial charge in [-0.05, 0) is 22.0 Å². The fraction of sp³-hybridized carbons (Fsp3) is 0.250. The molecule has 0 amide bonds. The Morgan fingerprint density at radius 1 is 1.64 bits per heavy atom. The highest BCUT2D eigenvalue weighted by molar-refractivity contribution is 9.10. The molecule has 0 N–H and O–H groups in total. The van der Waals surface area contributed by atoms with E-state index in [4.69, 9.17) is 16.9 Å². The van der Waals surface area contributed by atoms with Gasteiger partial charge in [0.25, 0.3) is 6.43 Å². The predicted molar refractivity (Wildman–Crippen MR) is 51.2 cm³/mol. The summed E-state index contributed by atoms with van der Waals surface area (Å²) in [5.74, 6) is 0. The van der Waals surface area contributed by atoms with Crippen LogP contribution in [0, 0.1) is 11.3 Å². The molecule has 74 valence electrons. The quantitative estimate of drug-likeness (QED) is 0.778. The van der Waals surface area contributed by atoms with Gasteiger partial charge in [0.15, 0.2) is 0 Å². The zero-order valence-electron chi connectivity index (χ0n) is 6.77. The molecule has 0 spiro atoms. The topological polar surface area (TPSA) is 36.7 Å². The molecule has 0 aliphatic rings. The molecule has 0 radical (unpaired) electrons. The van der Waals surface area contributed by atoms with E-state index in [9.17, 15) is 8.78 Å². The third kappa shape index (κ3) is 2.40.